The van der Waals surface area contributed by atoms with E-state index in [9.17, 15) is 4.79 Å². The lowest BCUT2D eigenvalue weighted by Gasteiger charge is -2.37. The SMILES string of the molecule is O=C(C1NNC2CCNCC21)N1CCN(CCOc2ccc(Cl)cc2)CC1. The van der Waals surface area contributed by atoms with Crippen LogP contribution in [0.25, 0.3) is 0 Å². The first kappa shape index (κ1) is 19.0. The van der Waals surface area contributed by atoms with Gasteiger partial charge in [0.15, 0.2) is 0 Å². The number of hydrazine groups is 1. The fourth-order valence-corrected chi connectivity index (χ4v) is 4.30. The first-order valence-corrected chi connectivity index (χ1v) is 10.2. The zero-order valence-electron chi connectivity index (χ0n) is 15.5. The lowest BCUT2D eigenvalue weighted by molar-refractivity contribution is -0.136. The molecule has 1 aromatic rings. The van der Waals surface area contributed by atoms with Gasteiger partial charge in [0.2, 0.25) is 5.91 Å². The normalized spacial score (nSPS) is 28.8. The second-order valence-electron chi connectivity index (χ2n) is 7.50. The second-order valence-corrected chi connectivity index (χ2v) is 7.94. The maximum atomic E-state index is 12.9. The molecule has 0 saturated carbocycles. The zero-order chi connectivity index (χ0) is 18.6. The van der Waals surface area contributed by atoms with Crippen LogP contribution in [0.3, 0.4) is 0 Å². The number of nitrogens with zero attached hydrogens (tertiary/aromatic N) is 2. The highest BCUT2D eigenvalue weighted by Gasteiger charge is 2.42. The molecule has 3 atom stereocenters. The van der Waals surface area contributed by atoms with Crippen LogP contribution in [0, 0.1) is 5.92 Å². The fraction of sp³-hybridized carbons (Fsp3) is 0.632. The van der Waals surface area contributed by atoms with Crippen LogP contribution in [0.15, 0.2) is 24.3 Å². The van der Waals surface area contributed by atoms with Crippen LogP contribution in [-0.2, 0) is 4.79 Å². The van der Waals surface area contributed by atoms with Crippen LogP contribution in [0.1, 0.15) is 6.42 Å². The number of nitrogens with one attached hydrogen (secondary N) is 3. The van der Waals surface area contributed by atoms with Crippen LogP contribution < -0.4 is 20.9 Å². The van der Waals surface area contributed by atoms with Crippen molar-refractivity contribution >= 4 is 17.5 Å². The molecule has 0 radical (unpaired) electrons. The van der Waals surface area contributed by atoms with Gasteiger partial charge in [-0.25, -0.2) is 5.43 Å². The summed E-state index contributed by atoms with van der Waals surface area (Å²) in [5.74, 6) is 1.41. The highest BCUT2D eigenvalue weighted by Crippen LogP contribution is 2.22. The number of carbonyl (C=O) groups excluding carboxylic acids is 1. The standard InChI is InChI=1S/C19H28ClN5O2/c20-14-1-3-15(4-2-14)27-12-11-24-7-9-25(10-8-24)19(26)18-16-13-21-6-5-17(16)22-23-18/h1-4,16-18,21-23H,5-13H2. The molecule has 148 valence electrons. The molecule has 1 aromatic carbocycles. The van der Waals surface area contributed by atoms with Crippen molar-refractivity contribution in [3.05, 3.63) is 29.3 Å². The van der Waals surface area contributed by atoms with Gasteiger partial charge in [0.1, 0.15) is 18.4 Å². The van der Waals surface area contributed by atoms with Gasteiger partial charge in [0.25, 0.3) is 0 Å². The molecule has 27 heavy (non-hydrogen) atoms. The molecule has 7 nitrogen and oxygen atoms in total. The minimum atomic E-state index is -0.109. The molecule has 3 unspecified atom stereocenters. The molecule has 3 saturated heterocycles. The molecular weight excluding hydrogens is 366 g/mol. The van der Waals surface area contributed by atoms with Crippen molar-refractivity contribution in [2.75, 3.05) is 52.4 Å². The Morgan fingerprint density at radius 1 is 1.15 bits per heavy atom. The van der Waals surface area contributed by atoms with Crippen LogP contribution >= 0.6 is 11.6 Å². The van der Waals surface area contributed by atoms with Crippen LogP contribution in [-0.4, -0.2) is 80.2 Å². The summed E-state index contributed by atoms with van der Waals surface area (Å²) < 4.78 is 5.77. The van der Waals surface area contributed by atoms with Crippen LogP contribution in [0.4, 0.5) is 0 Å². The number of fused-ring (bicyclic) bond motifs is 1. The molecule has 0 aromatic heterocycles. The maximum absolute atomic E-state index is 12.9. The van der Waals surface area contributed by atoms with Crippen molar-refractivity contribution in [3.8, 4) is 5.75 Å². The van der Waals surface area contributed by atoms with E-state index in [1.54, 1.807) is 0 Å². The topological polar surface area (TPSA) is 68.9 Å². The third-order valence-corrected chi connectivity index (χ3v) is 6.07. The van der Waals surface area contributed by atoms with E-state index < -0.39 is 0 Å². The summed E-state index contributed by atoms with van der Waals surface area (Å²) in [5, 5.41) is 4.12. The number of amides is 1. The summed E-state index contributed by atoms with van der Waals surface area (Å²) in [5.41, 5.74) is 6.55. The first-order valence-electron chi connectivity index (χ1n) is 9.82. The van der Waals surface area contributed by atoms with Gasteiger partial charge in [0.05, 0.1) is 0 Å². The molecule has 3 aliphatic heterocycles. The van der Waals surface area contributed by atoms with Crippen molar-refractivity contribution < 1.29 is 9.53 Å². The molecule has 0 spiro atoms. The van der Waals surface area contributed by atoms with Gasteiger partial charge < -0.3 is 15.0 Å². The zero-order valence-corrected chi connectivity index (χ0v) is 16.3. The average Bonchev–Trinajstić information content (AvgIpc) is 3.14. The highest BCUT2D eigenvalue weighted by molar-refractivity contribution is 6.30. The van der Waals surface area contributed by atoms with E-state index in [0.717, 1.165) is 58.0 Å². The average molecular weight is 394 g/mol. The lowest BCUT2D eigenvalue weighted by Crippen LogP contribution is -2.56. The van der Waals surface area contributed by atoms with E-state index in [1.807, 2.05) is 29.2 Å². The number of piperazine rings is 1. The minimum Gasteiger partial charge on any atom is -0.492 e. The Bertz CT molecular complexity index is 635. The van der Waals surface area contributed by atoms with E-state index in [-0.39, 0.29) is 11.9 Å². The Labute approximate surface area is 165 Å². The Morgan fingerprint density at radius 3 is 2.70 bits per heavy atom. The molecule has 3 heterocycles. The molecule has 3 aliphatic rings. The maximum Gasteiger partial charge on any atom is 0.241 e. The Kier molecular flexibility index (Phi) is 6.14. The van der Waals surface area contributed by atoms with Crippen molar-refractivity contribution in [2.24, 2.45) is 5.92 Å². The van der Waals surface area contributed by atoms with Gasteiger partial charge in [-0.2, -0.15) is 0 Å². The third kappa shape index (κ3) is 4.55. The number of piperidine rings is 1. The Hall–Kier alpha value is -1.38. The molecule has 1 amide bonds. The molecule has 0 aliphatic carbocycles. The largest absolute Gasteiger partial charge is 0.492 e. The van der Waals surface area contributed by atoms with Crippen molar-refractivity contribution in [3.63, 3.8) is 0 Å². The van der Waals surface area contributed by atoms with Gasteiger partial charge in [-0.3, -0.25) is 15.1 Å². The quantitative estimate of drug-likeness (QED) is 0.669. The Balaban J connectivity index is 1.19. The summed E-state index contributed by atoms with van der Waals surface area (Å²) >= 11 is 5.88. The summed E-state index contributed by atoms with van der Waals surface area (Å²) in [7, 11) is 0. The molecule has 3 fully saturated rings. The van der Waals surface area contributed by atoms with Gasteiger partial charge in [-0.1, -0.05) is 11.6 Å². The van der Waals surface area contributed by atoms with E-state index in [4.69, 9.17) is 16.3 Å². The number of benzene rings is 1. The second kappa shape index (κ2) is 8.75. The summed E-state index contributed by atoms with van der Waals surface area (Å²) in [6.45, 7) is 6.77. The number of rotatable bonds is 5. The summed E-state index contributed by atoms with van der Waals surface area (Å²) in [6.07, 6.45) is 1.07. The van der Waals surface area contributed by atoms with Gasteiger partial charge in [0, 0.05) is 56.3 Å². The predicted molar refractivity (Wildman–Crippen MR) is 105 cm³/mol. The number of halogens is 1. The minimum absolute atomic E-state index is 0.109. The first-order chi connectivity index (χ1) is 13.2. The van der Waals surface area contributed by atoms with E-state index in [1.165, 1.54) is 0 Å². The van der Waals surface area contributed by atoms with Gasteiger partial charge in [-0.05, 0) is 37.2 Å². The van der Waals surface area contributed by atoms with Crippen LogP contribution in [0.2, 0.25) is 5.02 Å². The fourth-order valence-electron chi connectivity index (χ4n) is 4.17. The Morgan fingerprint density at radius 2 is 1.93 bits per heavy atom. The van der Waals surface area contributed by atoms with Gasteiger partial charge >= 0.3 is 0 Å². The number of carbonyl (C=O) groups is 1. The number of hydrogen-bond acceptors (Lipinski definition) is 6. The summed E-state index contributed by atoms with van der Waals surface area (Å²) in [4.78, 5) is 17.3. The molecule has 4 rings (SSSR count). The molecule has 3 N–H and O–H groups in total. The molecule has 8 heteroatoms. The van der Waals surface area contributed by atoms with E-state index in [2.05, 4.69) is 21.1 Å². The van der Waals surface area contributed by atoms with Gasteiger partial charge in [-0.15, -0.1) is 0 Å². The number of ether oxygens (including phenoxy) is 1. The lowest BCUT2D eigenvalue weighted by atomic mass is 9.89. The van der Waals surface area contributed by atoms with Crippen LogP contribution in [0.5, 0.6) is 5.75 Å². The molecular formula is C19H28ClN5O2. The smallest absolute Gasteiger partial charge is 0.241 e. The van der Waals surface area contributed by atoms with Crippen molar-refractivity contribution in [2.45, 2.75) is 18.5 Å². The van der Waals surface area contributed by atoms with Crippen molar-refractivity contribution in [1.29, 1.82) is 0 Å². The third-order valence-electron chi connectivity index (χ3n) is 5.82. The monoisotopic (exact) mass is 393 g/mol. The predicted octanol–water partition coefficient (Wildman–Crippen LogP) is 0.318. The number of hydrogen-bond donors (Lipinski definition) is 3. The molecule has 0 bridgehead atoms. The van der Waals surface area contributed by atoms with E-state index in [0.29, 0.717) is 23.6 Å². The van der Waals surface area contributed by atoms with Crippen molar-refractivity contribution in [1.82, 2.24) is 26.0 Å². The summed E-state index contributed by atoms with van der Waals surface area (Å²) in [6, 6.07) is 7.73. The van der Waals surface area contributed by atoms with E-state index >= 15 is 0 Å². The highest BCUT2D eigenvalue weighted by atomic mass is 35.5.